The molecule has 362 valence electrons. The number of cyclic esters (lactones) is 1. The van der Waals surface area contributed by atoms with Crippen LogP contribution in [0.3, 0.4) is 0 Å². The molecular weight excluding hydrogens is 845 g/mol. The van der Waals surface area contributed by atoms with Crippen LogP contribution in [0.5, 0.6) is 0 Å². The molecule has 0 saturated carbocycles. The number of ketones is 2. The van der Waals surface area contributed by atoms with Gasteiger partial charge in [-0.1, -0.05) is 80.8 Å². The summed E-state index contributed by atoms with van der Waals surface area (Å²) < 4.78 is 13.3. The number of benzene rings is 1. The summed E-state index contributed by atoms with van der Waals surface area (Å²) in [6.07, 6.45) is 25.0. The first-order chi connectivity index (χ1) is 32.4. The van der Waals surface area contributed by atoms with Crippen molar-refractivity contribution >= 4 is 17.5 Å². The van der Waals surface area contributed by atoms with Crippen molar-refractivity contribution in [1.29, 1.82) is 0 Å². The van der Waals surface area contributed by atoms with Crippen LogP contribution in [0, 0.1) is 23.2 Å². The molecule has 0 amide bonds. The number of carbonyl (C=O) groups excluding carboxylic acids is 3. The molecule has 9 unspecified atom stereocenters. The topological polar surface area (TPSA) is 200 Å². The van der Waals surface area contributed by atoms with Gasteiger partial charge in [0.15, 0.2) is 11.4 Å². The molecule has 1 saturated heterocycles. The van der Waals surface area contributed by atoms with Crippen LogP contribution in [-0.4, -0.2) is 97.3 Å². The highest BCUT2D eigenvalue weighted by Gasteiger charge is 2.86. The molecule has 13 heteroatoms. The van der Waals surface area contributed by atoms with E-state index in [-0.39, 0.29) is 60.2 Å². The van der Waals surface area contributed by atoms with Gasteiger partial charge in [0.1, 0.15) is 11.9 Å². The van der Waals surface area contributed by atoms with Gasteiger partial charge >= 0.3 is 5.97 Å². The lowest BCUT2D eigenvalue weighted by Gasteiger charge is -2.43. The highest BCUT2D eigenvalue weighted by Crippen LogP contribution is 2.60. The van der Waals surface area contributed by atoms with Gasteiger partial charge in [0.2, 0.25) is 5.78 Å². The zero-order chi connectivity index (χ0) is 47.3. The summed E-state index contributed by atoms with van der Waals surface area (Å²) in [6.45, 7) is 7.81. The van der Waals surface area contributed by atoms with Gasteiger partial charge in [-0.25, -0.2) is 4.79 Å². The van der Waals surface area contributed by atoms with Crippen molar-refractivity contribution in [2.75, 3.05) is 40.0 Å². The predicted octanol–water partition coefficient (Wildman–Crippen LogP) is 5.83. The number of epoxide rings is 1. The second-order valence-corrected chi connectivity index (χ2v) is 20.4. The van der Waals surface area contributed by atoms with Crippen LogP contribution < -0.4 is 32.3 Å². The molecule has 4 aliphatic heterocycles. The zero-order valence-electron chi connectivity index (χ0n) is 40.1. The molecule has 1 aromatic carbocycles. The van der Waals surface area contributed by atoms with Gasteiger partial charge in [-0.05, 0) is 142 Å². The number of likely N-dealkylation sites (N-methyl/N-ethyl adjacent to an activating group) is 1. The van der Waals surface area contributed by atoms with Crippen molar-refractivity contribution in [3.63, 3.8) is 0 Å². The van der Waals surface area contributed by atoms with Gasteiger partial charge in [0.25, 0.3) is 5.60 Å². The molecule has 8 rings (SSSR count). The average molecular weight is 919 g/mol. The van der Waals surface area contributed by atoms with E-state index in [1.54, 1.807) is 6.07 Å². The molecule has 13 nitrogen and oxygen atoms in total. The van der Waals surface area contributed by atoms with Gasteiger partial charge in [0, 0.05) is 48.9 Å². The number of carbonyl (C=O) groups is 3. The lowest BCUT2D eigenvalue weighted by atomic mass is 9.66. The minimum Gasteiger partial charge on any atom is -0.459 e. The molecule has 3 aliphatic carbocycles. The third-order valence-corrected chi connectivity index (χ3v) is 15.7. The van der Waals surface area contributed by atoms with E-state index in [4.69, 9.17) is 15.2 Å². The normalized spacial score (nSPS) is 32.8. The second kappa shape index (κ2) is 20.9. The maximum atomic E-state index is 15.7. The number of aliphatic hydroxyl groups excluding tert-OH is 2. The molecule has 1 spiro atoms. The highest BCUT2D eigenvalue weighted by molar-refractivity contribution is 6.33. The van der Waals surface area contributed by atoms with Gasteiger partial charge in [-0.3, -0.25) is 9.59 Å². The molecule has 7 aliphatic rings. The van der Waals surface area contributed by atoms with Crippen molar-refractivity contribution in [3.8, 4) is 0 Å². The van der Waals surface area contributed by atoms with E-state index in [0.29, 0.717) is 75.3 Å². The summed E-state index contributed by atoms with van der Waals surface area (Å²) in [5, 5.41) is 37.9. The van der Waals surface area contributed by atoms with Crippen LogP contribution in [0.4, 0.5) is 0 Å². The van der Waals surface area contributed by atoms with Crippen molar-refractivity contribution in [2.24, 2.45) is 28.9 Å². The summed E-state index contributed by atoms with van der Waals surface area (Å²) in [4.78, 5) is 46.6. The van der Waals surface area contributed by atoms with E-state index in [1.807, 2.05) is 38.4 Å². The fourth-order valence-electron chi connectivity index (χ4n) is 12.1. The third-order valence-electron chi connectivity index (χ3n) is 15.7. The monoisotopic (exact) mass is 919 g/mol. The number of Topliss-reactive ketones (excluding diaryl/α,β-unsaturated/α-hetero) is 2. The van der Waals surface area contributed by atoms with Crippen molar-refractivity contribution < 1.29 is 34.1 Å². The maximum Gasteiger partial charge on any atom is 0.350 e. The third kappa shape index (κ3) is 9.96. The van der Waals surface area contributed by atoms with E-state index < -0.39 is 34.8 Å². The van der Waals surface area contributed by atoms with Crippen LogP contribution >= 0.6 is 0 Å². The van der Waals surface area contributed by atoms with E-state index >= 15 is 14.4 Å². The van der Waals surface area contributed by atoms with E-state index in [0.717, 1.165) is 61.1 Å². The van der Waals surface area contributed by atoms with Crippen LogP contribution in [-0.2, 0) is 20.7 Å². The first kappa shape index (κ1) is 48.8. The number of aliphatic hydroxyl groups is 2. The molecule has 1 aromatic rings. The van der Waals surface area contributed by atoms with Crippen molar-refractivity contribution in [3.05, 3.63) is 117 Å². The SMILES string of the molecule is CCNC1C=C2C=CCC3CCCCC(C)(CC4=CNC(N)C=C4)Cc4cccc5c4C(=O)C4(OC4(CC(CO)=C(C)CCC4=CCNC(NCNC)=C4)C5=O)C(=O)OC(CCCO)C1CC23. The van der Waals surface area contributed by atoms with Gasteiger partial charge in [-0.2, -0.15) is 0 Å². The Hall–Kier alpha value is -4.63. The fourth-order valence-corrected chi connectivity index (χ4v) is 12.1. The number of dihydropyridines is 2. The Labute approximate surface area is 396 Å². The highest BCUT2D eigenvalue weighted by atomic mass is 16.7. The molecule has 0 radical (unpaired) electrons. The number of esters is 1. The first-order valence-electron chi connectivity index (χ1n) is 24.9. The van der Waals surface area contributed by atoms with E-state index in [2.05, 4.69) is 76.9 Å². The predicted molar refractivity (Wildman–Crippen MR) is 260 cm³/mol. The largest absolute Gasteiger partial charge is 0.459 e. The maximum absolute atomic E-state index is 15.7. The number of ether oxygens (including phenoxy) is 2. The smallest absolute Gasteiger partial charge is 0.350 e. The quantitative estimate of drug-likeness (QED) is 0.0324. The van der Waals surface area contributed by atoms with Crippen molar-refractivity contribution in [2.45, 2.75) is 134 Å². The van der Waals surface area contributed by atoms with Crippen LogP contribution in [0.25, 0.3) is 0 Å². The Morgan fingerprint density at radius 3 is 2.70 bits per heavy atom. The lowest BCUT2D eigenvalue weighted by molar-refractivity contribution is -0.158. The molecule has 67 heavy (non-hydrogen) atoms. The van der Waals surface area contributed by atoms with Crippen LogP contribution in [0.2, 0.25) is 0 Å². The summed E-state index contributed by atoms with van der Waals surface area (Å²) in [7, 11) is 1.88. The molecule has 9 atom stereocenters. The number of hydrogen-bond donors (Lipinski definition) is 8. The van der Waals surface area contributed by atoms with Gasteiger partial charge in [0.05, 0.1) is 19.4 Å². The summed E-state index contributed by atoms with van der Waals surface area (Å²) in [5.41, 5.74) is 7.79. The minimum absolute atomic E-state index is 0.0858. The minimum atomic E-state index is -2.25. The molecular formula is C54H74N6O7. The summed E-state index contributed by atoms with van der Waals surface area (Å²) in [5.74, 6) is -0.421. The number of nitrogens with two attached hydrogens (primary N) is 1. The summed E-state index contributed by atoms with van der Waals surface area (Å²) in [6, 6.07) is 5.33. The van der Waals surface area contributed by atoms with Gasteiger partial charge in [-0.15, -0.1) is 0 Å². The Morgan fingerprint density at radius 1 is 1.09 bits per heavy atom. The Bertz CT molecular complexity index is 2280. The number of hydrogen-bond acceptors (Lipinski definition) is 13. The standard InChI is InChI=1S/C54H74N6O7/c1-5-57-44-26-38-13-8-12-37-11-6-7-22-52(3,28-36-19-20-46(55)59-31-36)29-39-14-9-15-41-48(39)50(64)54(51(65)66-45(16-10-24-61)43(44)27-42(37)38)53(67-54,49(41)63)30-40(32-62)34(2)17-18-35-21-23-58-47(25-35)60-33-56-4/h8-9,13-15,19-21,25-26,31,37,42-46,56-62H,5-7,10-12,16-18,22-24,27-30,32-33,55H2,1-4H3. The molecule has 9 N–H and O–H groups in total. The number of allylic oxidation sites excluding steroid dienone is 8. The van der Waals surface area contributed by atoms with E-state index in [1.165, 1.54) is 5.57 Å². The molecule has 0 aromatic heterocycles. The second-order valence-electron chi connectivity index (χ2n) is 20.4. The summed E-state index contributed by atoms with van der Waals surface area (Å²) >= 11 is 0. The first-order valence-corrected chi connectivity index (χ1v) is 24.9. The molecule has 4 heterocycles. The lowest BCUT2D eigenvalue weighted by Crippen LogP contribution is -2.53. The van der Waals surface area contributed by atoms with Crippen LogP contribution in [0.1, 0.15) is 124 Å². The number of nitrogens with one attached hydrogen (secondary N) is 5. The zero-order valence-corrected chi connectivity index (χ0v) is 40.1. The number of fused-ring (bicyclic) bond motifs is 1. The Morgan fingerprint density at radius 2 is 1.94 bits per heavy atom. The van der Waals surface area contributed by atoms with Crippen LogP contribution in [0.15, 0.2) is 101 Å². The Balaban J connectivity index is 1.21. The average Bonchev–Trinajstić information content (AvgIpc) is 4.03. The van der Waals surface area contributed by atoms with Gasteiger partial charge < -0.3 is 52.0 Å². The Kier molecular flexibility index (Phi) is 15.3. The molecule has 4 bridgehead atoms. The van der Waals surface area contributed by atoms with Crippen molar-refractivity contribution in [1.82, 2.24) is 26.6 Å². The fraction of sp³-hybridized carbons (Fsp3) is 0.574. The van der Waals surface area contributed by atoms with E-state index in [9.17, 15) is 10.2 Å². The number of rotatable bonds is 16. The molecule has 1 fully saturated rings.